The van der Waals surface area contributed by atoms with Crippen LogP contribution < -0.4 is 5.32 Å². The minimum atomic E-state index is -0.301. The molecular formula is C10H14ClN3O3. The fraction of sp³-hybridized carbons (Fsp3) is 0.500. The molecule has 94 valence electrons. The van der Waals surface area contributed by atoms with Gasteiger partial charge in [-0.25, -0.2) is 9.97 Å². The molecule has 7 heteroatoms. The molecule has 1 heterocycles. The van der Waals surface area contributed by atoms with Gasteiger partial charge in [0.25, 0.3) is 5.91 Å². The summed E-state index contributed by atoms with van der Waals surface area (Å²) in [5.74, 6) is -0.301. The van der Waals surface area contributed by atoms with Crippen molar-refractivity contribution >= 4 is 17.5 Å². The predicted molar refractivity (Wildman–Crippen MR) is 62.1 cm³/mol. The molecule has 0 radical (unpaired) electrons. The normalized spacial score (nSPS) is 10.2. The van der Waals surface area contributed by atoms with Crippen LogP contribution in [0.5, 0.6) is 0 Å². The van der Waals surface area contributed by atoms with Crippen molar-refractivity contribution in [3.8, 4) is 0 Å². The number of carbonyl (C=O) groups is 1. The Bertz CT molecular complexity index is 345. The van der Waals surface area contributed by atoms with Crippen LogP contribution in [0.4, 0.5) is 0 Å². The zero-order valence-electron chi connectivity index (χ0n) is 9.48. The number of rotatable bonds is 7. The number of halogens is 1. The van der Waals surface area contributed by atoms with Gasteiger partial charge in [0, 0.05) is 13.7 Å². The first-order chi connectivity index (χ1) is 8.24. The lowest BCUT2D eigenvalue weighted by Crippen LogP contribution is -2.28. The highest BCUT2D eigenvalue weighted by Gasteiger charge is 2.06. The van der Waals surface area contributed by atoms with Crippen LogP contribution in [0.2, 0.25) is 5.15 Å². The number of nitrogens with one attached hydrogen (secondary N) is 1. The summed E-state index contributed by atoms with van der Waals surface area (Å²) in [5, 5.41) is 2.90. The Labute approximate surface area is 104 Å². The Balaban J connectivity index is 2.19. The third kappa shape index (κ3) is 5.58. The number of nitrogens with zero attached hydrogens (tertiary/aromatic N) is 2. The van der Waals surface area contributed by atoms with E-state index in [0.717, 1.165) is 0 Å². The summed E-state index contributed by atoms with van der Waals surface area (Å²) >= 11 is 5.55. The monoisotopic (exact) mass is 259 g/mol. The summed E-state index contributed by atoms with van der Waals surface area (Å²) < 4.78 is 9.99. The lowest BCUT2D eigenvalue weighted by molar-refractivity contribution is 0.0691. The van der Waals surface area contributed by atoms with Gasteiger partial charge in [-0.1, -0.05) is 11.6 Å². The predicted octanol–water partition coefficient (Wildman–Crippen LogP) is 0.523. The van der Waals surface area contributed by atoms with E-state index in [4.69, 9.17) is 21.1 Å². The Morgan fingerprint density at radius 2 is 2.18 bits per heavy atom. The van der Waals surface area contributed by atoms with Crippen molar-refractivity contribution in [3.05, 3.63) is 23.2 Å². The van der Waals surface area contributed by atoms with E-state index in [1.54, 1.807) is 7.11 Å². The first-order valence-corrected chi connectivity index (χ1v) is 5.44. The molecule has 1 aromatic rings. The molecule has 0 aromatic carbocycles. The Morgan fingerprint density at radius 3 is 2.82 bits per heavy atom. The number of methoxy groups -OCH3 is 1. The van der Waals surface area contributed by atoms with E-state index in [0.29, 0.717) is 26.4 Å². The molecule has 6 nitrogen and oxygen atoms in total. The van der Waals surface area contributed by atoms with Gasteiger partial charge in [0.1, 0.15) is 10.8 Å². The van der Waals surface area contributed by atoms with E-state index in [2.05, 4.69) is 15.3 Å². The van der Waals surface area contributed by atoms with E-state index in [-0.39, 0.29) is 16.8 Å². The van der Waals surface area contributed by atoms with Crippen molar-refractivity contribution in [1.29, 1.82) is 0 Å². The maximum Gasteiger partial charge on any atom is 0.271 e. The standard InChI is InChI=1S/C10H14ClN3O3/c1-16-4-5-17-3-2-12-10(15)8-6-14-9(11)7-13-8/h6-7H,2-5H2,1H3,(H,12,15). The number of hydrogen-bond donors (Lipinski definition) is 1. The van der Waals surface area contributed by atoms with Crippen LogP contribution in [-0.4, -0.2) is 49.4 Å². The molecule has 0 fully saturated rings. The molecule has 0 aliphatic heterocycles. The fourth-order valence-corrected chi connectivity index (χ4v) is 1.10. The third-order valence-corrected chi connectivity index (χ3v) is 2.01. The van der Waals surface area contributed by atoms with Crippen molar-refractivity contribution in [2.24, 2.45) is 0 Å². The summed E-state index contributed by atoms with van der Waals surface area (Å²) in [6, 6.07) is 0. The number of hydrogen-bond acceptors (Lipinski definition) is 5. The highest BCUT2D eigenvalue weighted by atomic mass is 35.5. The van der Waals surface area contributed by atoms with Gasteiger partial charge in [0.05, 0.1) is 32.2 Å². The van der Waals surface area contributed by atoms with Gasteiger partial charge in [-0.05, 0) is 0 Å². The second-order valence-electron chi connectivity index (χ2n) is 3.09. The molecule has 0 aliphatic rings. The van der Waals surface area contributed by atoms with Gasteiger partial charge in [-0.15, -0.1) is 0 Å². The second kappa shape index (κ2) is 7.94. The molecule has 1 amide bonds. The number of aromatic nitrogens is 2. The molecule has 1 aromatic heterocycles. The first kappa shape index (κ1) is 13.8. The van der Waals surface area contributed by atoms with Gasteiger partial charge in [0.2, 0.25) is 0 Å². The van der Waals surface area contributed by atoms with Crippen molar-refractivity contribution in [1.82, 2.24) is 15.3 Å². The van der Waals surface area contributed by atoms with Crippen molar-refractivity contribution in [2.45, 2.75) is 0 Å². The molecular weight excluding hydrogens is 246 g/mol. The maximum atomic E-state index is 11.5. The topological polar surface area (TPSA) is 73.3 Å². The molecule has 0 saturated carbocycles. The summed E-state index contributed by atoms with van der Waals surface area (Å²) in [4.78, 5) is 19.1. The van der Waals surface area contributed by atoms with E-state index >= 15 is 0 Å². The van der Waals surface area contributed by atoms with Gasteiger partial charge < -0.3 is 14.8 Å². The lowest BCUT2D eigenvalue weighted by atomic mass is 10.4. The second-order valence-corrected chi connectivity index (χ2v) is 3.47. The smallest absolute Gasteiger partial charge is 0.271 e. The summed E-state index contributed by atoms with van der Waals surface area (Å²) in [5.41, 5.74) is 0.228. The van der Waals surface area contributed by atoms with Gasteiger partial charge in [0.15, 0.2) is 0 Å². The lowest BCUT2D eigenvalue weighted by Gasteiger charge is -2.05. The van der Waals surface area contributed by atoms with Crippen LogP contribution in [0.15, 0.2) is 12.4 Å². The van der Waals surface area contributed by atoms with Crippen LogP contribution in [0, 0.1) is 0 Å². The Morgan fingerprint density at radius 1 is 1.35 bits per heavy atom. The van der Waals surface area contributed by atoms with Gasteiger partial charge >= 0.3 is 0 Å². The minimum absolute atomic E-state index is 0.228. The van der Waals surface area contributed by atoms with Gasteiger partial charge in [-0.2, -0.15) is 0 Å². The fourth-order valence-electron chi connectivity index (χ4n) is 1.00. The molecule has 0 unspecified atom stereocenters. The largest absolute Gasteiger partial charge is 0.382 e. The van der Waals surface area contributed by atoms with Crippen molar-refractivity contribution in [3.63, 3.8) is 0 Å². The molecule has 17 heavy (non-hydrogen) atoms. The van der Waals surface area contributed by atoms with Crippen LogP contribution in [-0.2, 0) is 9.47 Å². The van der Waals surface area contributed by atoms with Crippen LogP contribution >= 0.6 is 11.6 Å². The summed E-state index contributed by atoms with van der Waals surface area (Å²) in [6.07, 6.45) is 2.65. The van der Waals surface area contributed by atoms with Gasteiger partial charge in [-0.3, -0.25) is 4.79 Å². The summed E-state index contributed by atoms with van der Waals surface area (Å²) in [7, 11) is 1.60. The number of amides is 1. The zero-order chi connectivity index (χ0) is 12.5. The van der Waals surface area contributed by atoms with E-state index < -0.39 is 0 Å². The van der Waals surface area contributed by atoms with E-state index in [1.807, 2.05) is 0 Å². The van der Waals surface area contributed by atoms with Crippen LogP contribution in [0.3, 0.4) is 0 Å². The van der Waals surface area contributed by atoms with Crippen LogP contribution in [0.25, 0.3) is 0 Å². The highest BCUT2D eigenvalue weighted by Crippen LogP contribution is 2.00. The Hall–Kier alpha value is -1.24. The minimum Gasteiger partial charge on any atom is -0.382 e. The Kier molecular flexibility index (Phi) is 6.46. The molecule has 0 saturated heterocycles. The van der Waals surface area contributed by atoms with Crippen molar-refractivity contribution < 1.29 is 14.3 Å². The third-order valence-electron chi connectivity index (χ3n) is 1.82. The quantitative estimate of drug-likeness (QED) is 0.723. The number of ether oxygens (including phenoxy) is 2. The molecule has 0 aliphatic carbocycles. The highest BCUT2D eigenvalue weighted by molar-refractivity contribution is 6.29. The van der Waals surface area contributed by atoms with E-state index in [9.17, 15) is 4.79 Å². The first-order valence-electron chi connectivity index (χ1n) is 5.06. The number of carbonyl (C=O) groups excluding carboxylic acids is 1. The molecule has 1 N–H and O–H groups in total. The van der Waals surface area contributed by atoms with E-state index in [1.165, 1.54) is 12.4 Å². The van der Waals surface area contributed by atoms with Crippen LogP contribution in [0.1, 0.15) is 10.5 Å². The summed E-state index contributed by atoms with van der Waals surface area (Å²) in [6.45, 7) is 1.88. The van der Waals surface area contributed by atoms with Crippen molar-refractivity contribution in [2.75, 3.05) is 33.5 Å². The molecule has 0 spiro atoms. The molecule has 0 bridgehead atoms. The average molecular weight is 260 g/mol. The molecule has 1 rings (SSSR count). The maximum absolute atomic E-state index is 11.5. The molecule has 0 atom stereocenters. The zero-order valence-corrected chi connectivity index (χ0v) is 10.2. The SMILES string of the molecule is COCCOCCNC(=O)c1cnc(Cl)cn1. The average Bonchev–Trinajstić information content (AvgIpc) is 2.34.